The maximum absolute atomic E-state index is 14.7. The second-order valence-electron chi connectivity index (χ2n) is 6.38. The number of fused-ring (bicyclic) bond motifs is 1. The fourth-order valence-corrected chi connectivity index (χ4v) is 3.30. The van der Waals surface area contributed by atoms with Crippen LogP contribution in [0.3, 0.4) is 0 Å². The number of aromatic nitrogens is 4. The lowest BCUT2D eigenvalue weighted by atomic mass is 10.0. The van der Waals surface area contributed by atoms with E-state index in [1.54, 1.807) is 12.1 Å². The molecule has 136 valence electrons. The number of benzene rings is 2. The van der Waals surface area contributed by atoms with Crippen LogP contribution in [0.4, 0.5) is 16.0 Å². The molecule has 0 fully saturated rings. The summed E-state index contributed by atoms with van der Waals surface area (Å²) in [4.78, 5) is 12.8. The van der Waals surface area contributed by atoms with Crippen LogP contribution in [0.2, 0.25) is 0 Å². The van der Waals surface area contributed by atoms with Crippen LogP contribution in [0.1, 0.15) is 18.8 Å². The molecule has 3 N–H and O–H groups in total. The maximum atomic E-state index is 14.7. The first-order valence-corrected chi connectivity index (χ1v) is 8.59. The molecule has 0 aliphatic rings. The van der Waals surface area contributed by atoms with Crippen LogP contribution < -0.4 is 11.1 Å². The Morgan fingerprint density at radius 3 is 2.63 bits per heavy atom. The maximum Gasteiger partial charge on any atom is 0.133 e. The number of hydrogen-bond acceptors (Lipinski definition) is 5. The molecular formula is C20H19FN6. The third kappa shape index (κ3) is 3.08. The number of halogens is 1. The van der Waals surface area contributed by atoms with Crippen LogP contribution in [0.15, 0.2) is 54.9 Å². The van der Waals surface area contributed by atoms with Gasteiger partial charge in [0.15, 0.2) is 0 Å². The fraction of sp³-hybridized carbons (Fsp3) is 0.150. The number of nitrogen functional groups attached to an aromatic ring is 1. The third-order valence-electron chi connectivity index (χ3n) is 4.52. The van der Waals surface area contributed by atoms with E-state index < -0.39 is 0 Å². The van der Waals surface area contributed by atoms with Gasteiger partial charge in [-0.05, 0) is 24.6 Å². The topological polar surface area (TPSA) is 81.7 Å². The summed E-state index contributed by atoms with van der Waals surface area (Å²) in [6.07, 6.45) is 1.40. The first-order chi connectivity index (χ1) is 13.0. The number of nitrogens with one attached hydrogen (secondary N) is 1. The molecule has 1 atom stereocenters. The molecule has 0 aliphatic carbocycles. The molecule has 0 unspecified atom stereocenters. The first kappa shape index (κ1) is 17.0. The molecule has 2 aromatic carbocycles. The zero-order valence-corrected chi connectivity index (χ0v) is 15.0. The minimum atomic E-state index is -0.271. The van der Waals surface area contributed by atoms with Crippen molar-refractivity contribution in [1.82, 2.24) is 19.5 Å². The molecule has 4 aromatic rings. The summed E-state index contributed by atoms with van der Waals surface area (Å²) < 4.78 is 16.6. The molecule has 7 heteroatoms. The zero-order chi connectivity index (χ0) is 19.0. The van der Waals surface area contributed by atoms with Crippen molar-refractivity contribution in [2.45, 2.75) is 13.0 Å². The Morgan fingerprint density at radius 2 is 1.89 bits per heavy atom. The quantitative estimate of drug-likeness (QED) is 0.575. The molecule has 4 rings (SSSR count). The monoisotopic (exact) mass is 362 g/mol. The normalized spacial score (nSPS) is 12.3. The van der Waals surface area contributed by atoms with E-state index in [1.807, 2.05) is 48.9 Å². The zero-order valence-electron chi connectivity index (χ0n) is 15.0. The lowest BCUT2D eigenvalue weighted by Crippen LogP contribution is -2.13. The van der Waals surface area contributed by atoms with Crippen LogP contribution in [-0.4, -0.2) is 19.5 Å². The molecule has 0 saturated heterocycles. The van der Waals surface area contributed by atoms with Gasteiger partial charge in [0.25, 0.3) is 0 Å². The molecule has 6 nitrogen and oxygen atoms in total. The Labute approximate surface area is 155 Å². The second kappa shape index (κ2) is 6.68. The highest BCUT2D eigenvalue weighted by Crippen LogP contribution is 2.33. The van der Waals surface area contributed by atoms with Gasteiger partial charge in [-0.25, -0.2) is 19.3 Å². The third-order valence-corrected chi connectivity index (χ3v) is 4.52. The van der Waals surface area contributed by atoms with Crippen molar-refractivity contribution in [3.63, 3.8) is 0 Å². The van der Waals surface area contributed by atoms with Gasteiger partial charge in [-0.15, -0.1) is 0 Å². The molecule has 0 amide bonds. The summed E-state index contributed by atoms with van der Waals surface area (Å²) >= 11 is 0. The number of hydrogen-bond donors (Lipinski definition) is 2. The minimum Gasteiger partial charge on any atom is -0.384 e. The average molecular weight is 362 g/mol. The van der Waals surface area contributed by atoms with E-state index >= 15 is 0 Å². The SMILES string of the molecule is C[C@H](Nc1cc(N)ncn1)c1nc2ccc(F)c(-c3ccccc3)c2n1C. The van der Waals surface area contributed by atoms with E-state index in [2.05, 4.69) is 15.3 Å². The molecule has 2 heterocycles. The van der Waals surface area contributed by atoms with E-state index in [4.69, 9.17) is 10.7 Å². The minimum absolute atomic E-state index is 0.164. The van der Waals surface area contributed by atoms with Gasteiger partial charge in [0, 0.05) is 18.7 Å². The van der Waals surface area contributed by atoms with Gasteiger partial charge in [0.05, 0.1) is 17.1 Å². The number of aryl methyl sites for hydroxylation is 1. The van der Waals surface area contributed by atoms with Crippen molar-refractivity contribution in [2.75, 3.05) is 11.1 Å². The van der Waals surface area contributed by atoms with Crippen molar-refractivity contribution in [3.8, 4) is 11.1 Å². The van der Waals surface area contributed by atoms with Gasteiger partial charge in [-0.1, -0.05) is 30.3 Å². The molecule has 0 spiro atoms. The summed E-state index contributed by atoms with van der Waals surface area (Å²) in [6, 6.07) is 14.2. The van der Waals surface area contributed by atoms with E-state index in [1.165, 1.54) is 12.4 Å². The largest absolute Gasteiger partial charge is 0.384 e. The Kier molecular flexibility index (Phi) is 4.19. The number of rotatable bonds is 4. The van der Waals surface area contributed by atoms with Crippen molar-refractivity contribution in [2.24, 2.45) is 7.05 Å². The van der Waals surface area contributed by atoms with Gasteiger partial charge in [-0.3, -0.25) is 0 Å². The number of anilines is 2. The van der Waals surface area contributed by atoms with Crippen molar-refractivity contribution in [3.05, 3.63) is 66.5 Å². The van der Waals surface area contributed by atoms with E-state index in [9.17, 15) is 4.39 Å². The number of nitrogens with zero attached hydrogens (tertiary/aromatic N) is 4. The van der Waals surface area contributed by atoms with Crippen LogP contribution in [0, 0.1) is 5.82 Å². The molecule has 0 radical (unpaired) electrons. The van der Waals surface area contributed by atoms with Gasteiger partial charge >= 0.3 is 0 Å². The van der Waals surface area contributed by atoms with E-state index in [0.717, 1.165) is 22.4 Å². The summed E-state index contributed by atoms with van der Waals surface area (Å²) in [5.74, 6) is 1.49. The van der Waals surface area contributed by atoms with Gasteiger partial charge in [-0.2, -0.15) is 0 Å². The molecule has 0 aliphatic heterocycles. The van der Waals surface area contributed by atoms with Crippen molar-refractivity contribution in [1.29, 1.82) is 0 Å². The highest BCUT2D eigenvalue weighted by Gasteiger charge is 2.20. The summed E-state index contributed by atoms with van der Waals surface area (Å²) in [5, 5.41) is 3.27. The predicted molar refractivity (Wildman–Crippen MR) is 105 cm³/mol. The van der Waals surface area contributed by atoms with Crippen LogP contribution in [0.5, 0.6) is 0 Å². The summed E-state index contributed by atoms with van der Waals surface area (Å²) in [6.45, 7) is 1.97. The number of imidazole rings is 1. The van der Waals surface area contributed by atoms with Gasteiger partial charge in [0.1, 0.15) is 29.6 Å². The lowest BCUT2D eigenvalue weighted by Gasteiger charge is -2.15. The molecule has 0 bridgehead atoms. The Morgan fingerprint density at radius 1 is 1.11 bits per heavy atom. The van der Waals surface area contributed by atoms with Crippen molar-refractivity contribution >= 4 is 22.7 Å². The molecule has 2 aromatic heterocycles. The van der Waals surface area contributed by atoms with Gasteiger partial charge in [0.2, 0.25) is 0 Å². The summed E-state index contributed by atoms with van der Waals surface area (Å²) in [7, 11) is 1.89. The fourth-order valence-electron chi connectivity index (χ4n) is 3.30. The molecule has 27 heavy (non-hydrogen) atoms. The Bertz CT molecular complexity index is 1110. The lowest BCUT2D eigenvalue weighted by molar-refractivity contribution is 0.632. The average Bonchev–Trinajstić information content (AvgIpc) is 2.99. The highest BCUT2D eigenvalue weighted by molar-refractivity contribution is 5.93. The molecule has 0 saturated carbocycles. The Balaban J connectivity index is 1.80. The standard InChI is InChI=1S/C20H19FN6/c1-12(25-17-10-16(22)23-11-24-17)20-26-15-9-8-14(21)18(19(15)27(20)2)13-6-4-3-5-7-13/h3-12H,1-2H3,(H3,22,23,24,25)/t12-/m0/s1. The predicted octanol–water partition coefficient (Wildman–Crippen LogP) is 3.92. The van der Waals surface area contributed by atoms with E-state index in [-0.39, 0.29) is 11.9 Å². The highest BCUT2D eigenvalue weighted by atomic mass is 19.1. The number of nitrogens with two attached hydrogens (primary N) is 1. The van der Waals surface area contributed by atoms with Crippen LogP contribution in [-0.2, 0) is 7.05 Å². The van der Waals surface area contributed by atoms with Crippen LogP contribution in [0.25, 0.3) is 22.2 Å². The smallest absolute Gasteiger partial charge is 0.133 e. The van der Waals surface area contributed by atoms with Gasteiger partial charge < -0.3 is 15.6 Å². The summed E-state index contributed by atoms with van der Waals surface area (Å²) in [5.41, 5.74) is 8.58. The van der Waals surface area contributed by atoms with E-state index in [0.29, 0.717) is 17.2 Å². The Hall–Kier alpha value is -3.48. The van der Waals surface area contributed by atoms with Crippen molar-refractivity contribution < 1.29 is 4.39 Å². The second-order valence-corrected chi connectivity index (χ2v) is 6.38. The molecular weight excluding hydrogens is 343 g/mol. The van der Waals surface area contributed by atoms with Crippen LogP contribution >= 0.6 is 0 Å². The first-order valence-electron chi connectivity index (χ1n) is 8.59.